The van der Waals surface area contributed by atoms with Gasteiger partial charge in [0.15, 0.2) is 5.82 Å². The zero-order valence-corrected chi connectivity index (χ0v) is 19.2. The van der Waals surface area contributed by atoms with Crippen molar-refractivity contribution in [3.63, 3.8) is 0 Å². The molecule has 2 saturated heterocycles. The standard InChI is InChI=1S/C25H29N7O2/c1-30-14-19(33)12-22(30)16-3-2-4-17(11-16)23-13-20(24-25(26)27-15-29-32(23)24)21-5-8-28-31(21)18-6-9-34-10-7-18/h2-5,8,11,13,15,18-19,22,33H,6-7,9-10,12,14H2,1H3,(H2,26,27,29)/t19-,22+/m0/s1. The van der Waals surface area contributed by atoms with Crippen LogP contribution in [0.5, 0.6) is 0 Å². The van der Waals surface area contributed by atoms with E-state index in [0.29, 0.717) is 12.4 Å². The van der Waals surface area contributed by atoms with E-state index in [1.165, 1.54) is 11.9 Å². The summed E-state index contributed by atoms with van der Waals surface area (Å²) in [5.41, 5.74) is 12.3. The van der Waals surface area contributed by atoms with Gasteiger partial charge in [-0.05, 0) is 50.1 Å². The van der Waals surface area contributed by atoms with E-state index in [2.05, 4.69) is 62.1 Å². The smallest absolute Gasteiger partial charge is 0.152 e. The molecule has 6 rings (SSSR count). The number of rotatable bonds is 4. The molecule has 0 aliphatic carbocycles. The van der Waals surface area contributed by atoms with Crippen molar-refractivity contribution in [3.8, 4) is 22.5 Å². The van der Waals surface area contributed by atoms with Gasteiger partial charge in [0.25, 0.3) is 0 Å². The predicted octanol–water partition coefficient (Wildman–Crippen LogP) is 2.93. The number of aliphatic hydroxyl groups is 1. The molecule has 1 aromatic carbocycles. The Kier molecular flexibility index (Phi) is 5.32. The van der Waals surface area contributed by atoms with Gasteiger partial charge in [0, 0.05) is 43.1 Å². The van der Waals surface area contributed by atoms with Crippen LogP contribution in [0, 0.1) is 0 Å². The Hall–Kier alpha value is -3.27. The summed E-state index contributed by atoms with van der Waals surface area (Å²) in [4.78, 5) is 6.49. The molecule has 34 heavy (non-hydrogen) atoms. The average molecular weight is 460 g/mol. The van der Waals surface area contributed by atoms with Crippen molar-refractivity contribution in [1.82, 2.24) is 29.3 Å². The highest BCUT2D eigenvalue weighted by Crippen LogP contribution is 2.38. The molecule has 0 spiro atoms. The third kappa shape index (κ3) is 3.56. The highest BCUT2D eigenvalue weighted by Gasteiger charge is 2.30. The minimum Gasteiger partial charge on any atom is -0.392 e. The summed E-state index contributed by atoms with van der Waals surface area (Å²) < 4.78 is 9.53. The van der Waals surface area contributed by atoms with E-state index in [1.54, 1.807) is 0 Å². The van der Waals surface area contributed by atoms with E-state index in [0.717, 1.165) is 60.5 Å². The Bertz CT molecular complexity index is 1320. The van der Waals surface area contributed by atoms with E-state index in [9.17, 15) is 5.11 Å². The zero-order chi connectivity index (χ0) is 23.2. The lowest BCUT2D eigenvalue weighted by Crippen LogP contribution is -2.21. The van der Waals surface area contributed by atoms with E-state index in [1.807, 2.05) is 16.8 Å². The molecular formula is C25H29N7O2. The van der Waals surface area contributed by atoms with Crippen molar-refractivity contribution in [1.29, 1.82) is 0 Å². The number of likely N-dealkylation sites (N-methyl/N-ethyl adjacent to an activating group) is 1. The number of likely N-dealkylation sites (tertiary alicyclic amines) is 1. The monoisotopic (exact) mass is 459 g/mol. The molecular weight excluding hydrogens is 430 g/mol. The molecule has 4 aromatic rings. The molecule has 3 N–H and O–H groups in total. The molecule has 9 heteroatoms. The molecule has 0 radical (unpaired) electrons. The SMILES string of the molecule is CN1C[C@@H](O)C[C@@H]1c1cccc(-c2cc(-c3ccnn3C3CCOCC3)c3c(N)ncnn23)c1. The molecule has 2 aliphatic heterocycles. The molecule has 0 bridgehead atoms. The van der Waals surface area contributed by atoms with E-state index >= 15 is 0 Å². The summed E-state index contributed by atoms with van der Waals surface area (Å²) in [5, 5.41) is 19.4. The van der Waals surface area contributed by atoms with Gasteiger partial charge in [-0.1, -0.05) is 18.2 Å². The Labute approximate surface area is 197 Å². The van der Waals surface area contributed by atoms with Gasteiger partial charge < -0.3 is 15.6 Å². The van der Waals surface area contributed by atoms with Crippen molar-refractivity contribution in [2.24, 2.45) is 0 Å². The van der Waals surface area contributed by atoms with Crippen LogP contribution in [0.15, 0.2) is 48.9 Å². The number of aromatic nitrogens is 5. The maximum atomic E-state index is 10.1. The Morgan fingerprint density at radius 2 is 1.94 bits per heavy atom. The second-order valence-corrected chi connectivity index (χ2v) is 9.32. The predicted molar refractivity (Wildman–Crippen MR) is 129 cm³/mol. The Morgan fingerprint density at radius 3 is 2.74 bits per heavy atom. The molecule has 2 atom stereocenters. The number of anilines is 1. The van der Waals surface area contributed by atoms with Crippen LogP contribution in [0.3, 0.4) is 0 Å². The molecule has 176 valence electrons. The highest BCUT2D eigenvalue weighted by molar-refractivity contribution is 5.90. The van der Waals surface area contributed by atoms with Gasteiger partial charge in [0.05, 0.1) is 23.5 Å². The van der Waals surface area contributed by atoms with Gasteiger partial charge in [-0.15, -0.1) is 0 Å². The lowest BCUT2D eigenvalue weighted by molar-refractivity contribution is 0.0667. The second-order valence-electron chi connectivity index (χ2n) is 9.32. The van der Waals surface area contributed by atoms with Gasteiger partial charge in [-0.2, -0.15) is 10.2 Å². The maximum absolute atomic E-state index is 10.1. The van der Waals surface area contributed by atoms with E-state index in [-0.39, 0.29) is 18.2 Å². The van der Waals surface area contributed by atoms with Crippen molar-refractivity contribution in [2.45, 2.75) is 37.5 Å². The maximum Gasteiger partial charge on any atom is 0.152 e. The lowest BCUT2D eigenvalue weighted by atomic mass is 10.00. The van der Waals surface area contributed by atoms with Gasteiger partial charge in [-0.25, -0.2) is 9.50 Å². The summed E-state index contributed by atoms with van der Waals surface area (Å²) in [5.74, 6) is 0.436. The normalized spacial score (nSPS) is 22.1. The fourth-order valence-corrected chi connectivity index (χ4v) is 5.48. The molecule has 0 unspecified atom stereocenters. The number of nitrogens with two attached hydrogens (primary N) is 1. The van der Waals surface area contributed by atoms with Crippen LogP contribution >= 0.6 is 0 Å². The summed E-state index contributed by atoms with van der Waals surface area (Å²) in [6, 6.07) is 13.1. The van der Waals surface area contributed by atoms with Gasteiger partial charge in [0.1, 0.15) is 11.8 Å². The minimum atomic E-state index is -0.294. The van der Waals surface area contributed by atoms with Crippen molar-refractivity contribution in [2.75, 3.05) is 32.5 Å². The zero-order valence-electron chi connectivity index (χ0n) is 19.2. The van der Waals surface area contributed by atoms with Crippen molar-refractivity contribution < 1.29 is 9.84 Å². The highest BCUT2D eigenvalue weighted by atomic mass is 16.5. The first-order valence-corrected chi connectivity index (χ1v) is 11.8. The van der Waals surface area contributed by atoms with E-state index < -0.39 is 0 Å². The van der Waals surface area contributed by atoms with Crippen LogP contribution in [0.2, 0.25) is 0 Å². The van der Waals surface area contributed by atoms with Crippen molar-refractivity contribution >= 4 is 11.3 Å². The fraction of sp³-hybridized carbons (Fsp3) is 0.400. The number of β-amino-alcohol motifs (C(OH)–C–C–N with tert-alkyl or cyclic N) is 1. The molecule has 2 aliphatic rings. The molecule has 3 aromatic heterocycles. The third-order valence-corrected chi connectivity index (χ3v) is 7.16. The van der Waals surface area contributed by atoms with Crippen LogP contribution in [0.25, 0.3) is 28.0 Å². The second kappa shape index (κ2) is 8.50. The summed E-state index contributed by atoms with van der Waals surface area (Å²) in [7, 11) is 2.06. The van der Waals surface area contributed by atoms with Crippen LogP contribution in [0.4, 0.5) is 5.82 Å². The molecule has 5 heterocycles. The summed E-state index contributed by atoms with van der Waals surface area (Å²) in [6.07, 6.45) is 5.65. The summed E-state index contributed by atoms with van der Waals surface area (Å²) >= 11 is 0. The fourth-order valence-electron chi connectivity index (χ4n) is 5.48. The number of hydrogen-bond acceptors (Lipinski definition) is 7. The topological polar surface area (TPSA) is 107 Å². The quantitative estimate of drug-likeness (QED) is 0.483. The Morgan fingerprint density at radius 1 is 1.09 bits per heavy atom. The minimum absolute atomic E-state index is 0.190. The number of nitrogen functional groups attached to an aromatic ring is 1. The largest absolute Gasteiger partial charge is 0.392 e. The van der Waals surface area contributed by atoms with Crippen LogP contribution in [-0.4, -0.2) is 67.3 Å². The van der Waals surface area contributed by atoms with Gasteiger partial charge in [-0.3, -0.25) is 9.58 Å². The van der Waals surface area contributed by atoms with Gasteiger partial charge in [0.2, 0.25) is 0 Å². The van der Waals surface area contributed by atoms with Crippen LogP contribution in [-0.2, 0) is 4.74 Å². The molecule has 9 nitrogen and oxygen atoms in total. The lowest BCUT2D eigenvalue weighted by Gasteiger charge is -2.24. The van der Waals surface area contributed by atoms with Gasteiger partial charge >= 0.3 is 0 Å². The van der Waals surface area contributed by atoms with Crippen molar-refractivity contribution in [3.05, 3.63) is 54.5 Å². The number of fused-ring (bicyclic) bond motifs is 1. The molecule has 0 amide bonds. The van der Waals surface area contributed by atoms with Crippen LogP contribution in [0.1, 0.15) is 36.9 Å². The van der Waals surface area contributed by atoms with Crippen LogP contribution < -0.4 is 5.73 Å². The Balaban J connectivity index is 1.48. The first-order valence-electron chi connectivity index (χ1n) is 11.8. The third-order valence-electron chi connectivity index (χ3n) is 7.16. The first-order chi connectivity index (χ1) is 16.6. The first kappa shape index (κ1) is 21.3. The molecule has 2 fully saturated rings. The number of nitrogens with zero attached hydrogens (tertiary/aromatic N) is 6. The number of aliphatic hydroxyl groups excluding tert-OH is 1. The number of ether oxygens (including phenoxy) is 1. The number of benzene rings is 1. The number of hydrogen-bond donors (Lipinski definition) is 2. The average Bonchev–Trinajstić information content (AvgIpc) is 3.56. The van der Waals surface area contributed by atoms with E-state index in [4.69, 9.17) is 10.5 Å². The molecule has 0 saturated carbocycles. The summed E-state index contributed by atoms with van der Waals surface area (Å²) in [6.45, 7) is 2.18.